The highest BCUT2D eigenvalue weighted by Crippen LogP contribution is 2.28. The van der Waals surface area contributed by atoms with E-state index in [9.17, 15) is 14.4 Å². The molecule has 0 bridgehead atoms. The quantitative estimate of drug-likeness (QED) is 0.0344. The molecule has 0 aliphatic heterocycles. The second-order valence-corrected chi connectivity index (χ2v) is 36.0. The molecule has 5 aromatic carbocycles. The smallest absolute Gasteiger partial charge is 0.163 e. The Bertz CT molecular complexity index is 2860. The number of carbonyl (C=O) groups is 3. The van der Waals surface area contributed by atoms with Crippen LogP contribution in [0.2, 0.25) is 0 Å². The van der Waals surface area contributed by atoms with E-state index in [-0.39, 0.29) is 54.1 Å². The van der Waals surface area contributed by atoms with E-state index in [1.807, 2.05) is 134 Å². The molecule has 12 heteroatoms. The number of unbranched alkanes of at least 4 members (excludes halogenated alkanes) is 7. The Morgan fingerprint density at radius 3 is 1.00 bits per heavy atom. The number of ether oxygens (including phenoxy) is 9. The second-order valence-electron chi connectivity index (χ2n) is 36.0. The van der Waals surface area contributed by atoms with Gasteiger partial charge in [0, 0.05) is 19.1 Å². The van der Waals surface area contributed by atoms with Crippen LogP contribution in [-0.4, -0.2) is 104 Å². The third-order valence-corrected chi connectivity index (χ3v) is 16.5. The van der Waals surface area contributed by atoms with Crippen LogP contribution in [-0.2, 0) is 63.6 Å². The van der Waals surface area contributed by atoms with E-state index >= 15 is 0 Å². The van der Waals surface area contributed by atoms with Gasteiger partial charge in [0.15, 0.2) is 11.6 Å². The number of Topliss-reactive ketones (excluding diaryl/α,β-unsaturated/α-hetero) is 3. The molecule has 0 aliphatic rings. The zero-order chi connectivity index (χ0) is 90.4. The largest absolute Gasteiger partial charge is 0.379 e. The van der Waals surface area contributed by atoms with Crippen LogP contribution in [0.5, 0.6) is 0 Å². The van der Waals surface area contributed by atoms with Gasteiger partial charge in [-0.25, -0.2) is 0 Å². The van der Waals surface area contributed by atoms with Crippen molar-refractivity contribution in [2.45, 2.75) is 418 Å². The summed E-state index contributed by atoms with van der Waals surface area (Å²) in [4.78, 5) is 33.6. The van der Waals surface area contributed by atoms with Crippen LogP contribution in [0.3, 0.4) is 0 Å². The number of benzene rings is 5. The van der Waals surface area contributed by atoms with Gasteiger partial charge in [0.25, 0.3) is 0 Å². The molecule has 0 amide bonds. The van der Waals surface area contributed by atoms with E-state index in [0.717, 1.165) is 44.8 Å². The Hall–Kier alpha value is -5.25. The monoisotopic (exact) mass is 1640 g/mol. The summed E-state index contributed by atoms with van der Waals surface area (Å²) >= 11 is 0. The first kappa shape index (κ1) is 120. The first-order chi connectivity index (χ1) is 54.7. The fourth-order valence-electron chi connectivity index (χ4n) is 11.0. The van der Waals surface area contributed by atoms with Crippen molar-refractivity contribution in [3.8, 4) is 0 Å². The first-order valence-electron chi connectivity index (χ1n) is 45.2. The molecule has 4 atom stereocenters. The molecule has 0 radical (unpaired) electrons. The summed E-state index contributed by atoms with van der Waals surface area (Å²) in [5.74, 6) is 3.03. The van der Waals surface area contributed by atoms with Crippen molar-refractivity contribution in [1.82, 2.24) is 0 Å². The average Bonchev–Trinajstić information content (AvgIpc) is 0.841. The summed E-state index contributed by atoms with van der Waals surface area (Å²) in [6.07, 6.45) is 17.9. The molecule has 12 nitrogen and oxygen atoms in total. The molecule has 0 aliphatic carbocycles. The van der Waals surface area contributed by atoms with Gasteiger partial charge in [0.05, 0.1) is 80.4 Å². The Labute approximate surface area is 723 Å². The maximum absolute atomic E-state index is 11.4. The van der Waals surface area contributed by atoms with E-state index in [1.54, 1.807) is 20.8 Å². The van der Waals surface area contributed by atoms with Crippen LogP contribution >= 0.6 is 0 Å². The highest BCUT2D eigenvalue weighted by atomic mass is 16.5. The van der Waals surface area contributed by atoms with E-state index in [0.29, 0.717) is 77.6 Å². The molecule has 5 rings (SSSR count). The number of hydrogen-bond acceptors (Lipinski definition) is 12. The fourth-order valence-corrected chi connectivity index (χ4v) is 11.0. The highest BCUT2D eigenvalue weighted by molar-refractivity contribution is 5.82. The van der Waals surface area contributed by atoms with Gasteiger partial charge in [-0.05, 0) is 242 Å². The van der Waals surface area contributed by atoms with E-state index < -0.39 is 6.10 Å². The minimum Gasteiger partial charge on any atom is -0.379 e. The molecule has 0 aromatic heterocycles. The molecule has 117 heavy (non-hydrogen) atoms. The van der Waals surface area contributed by atoms with Crippen LogP contribution in [0.15, 0.2) is 152 Å². The third-order valence-electron chi connectivity index (χ3n) is 16.5. The lowest BCUT2D eigenvalue weighted by Crippen LogP contribution is -2.30. The number of ketones is 3. The molecule has 0 N–H and O–H groups in total. The van der Waals surface area contributed by atoms with Crippen molar-refractivity contribution in [2.24, 2.45) is 35.0 Å². The summed E-state index contributed by atoms with van der Waals surface area (Å²) in [5.41, 5.74) is 6.12. The lowest BCUT2D eigenvalue weighted by Gasteiger charge is -2.21. The highest BCUT2D eigenvalue weighted by Gasteiger charge is 2.22. The molecule has 0 saturated heterocycles. The first-order valence-corrected chi connectivity index (χ1v) is 45.2. The summed E-state index contributed by atoms with van der Waals surface area (Å²) < 4.78 is 49.8. The Kier molecular flexibility index (Phi) is 79.0. The molecular formula is C105H184O12. The van der Waals surface area contributed by atoms with Crippen molar-refractivity contribution >= 4 is 17.3 Å². The normalized spacial score (nSPS) is 12.2. The Morgan fingerprint density at radius 2 is 0.701 bits per heavy atom. The van der Waals surface area contributed by atoms with Gasteiger partial charge in [0.2, 0.25) is 0 Å². The summed E-state index contributed by atoms with van der Waals surface area (Å²) in [5, 5.41) is 0. The lowest BCUT2D eigenvalue weighted by atomic mass is 9.87. The molecular weight excluding hydrogens is 1450 g/mol. The van der Waals surface area contributed by atoms with Gasteiger partial charge < -0.3 is 42.6 Å². The number of rotatable bonds is 42. The maximum Gasteiger partial charge on any atom is 0.163 e. The number of hydrogen-bond donors (Lipinski definition) is 0. The topological polar surface area (TPSA) is 134 Å². The lowest BCUT2D eigenvalue weighted by molar-refractivity contribution is -0.134. The van der Waals surface area contributed by atoms with Gasteiger partial charge in [-0.1, -0.05) is 293 Å². The SMILES string of the molecule is CC(=O)C(CC(C)C)CC(C)C.CC(=O)[C@H](OC(C)C)C(C)C.CC(=O)[C@H](OC(C)C)c1ccccc1.CC(C)COC(C)C.CC(C)OC(C)c1ccccc1.CC(C)OC(c1ccccc1)c1ccccc1.CC(C)OCC(C)(C)C.CC(C)OCc1ccccc1.CCCCCCC(C)OC(C)C.CCCCCCCOC(C)C. The van der Waals surface area contributed by atoms with E-state index in [1.165, 1.54) is 86.5 Å². The van der Waals surface area contributed by atoms with E-state index in [2.05, 4.69) is 246 Å². The predicted molar refractivity (Wildman–Crippen MR) is 504 cm³/mol. The van der Waals surface area contributed by atoms with Crippen molar-refractivity contribution in [2.75, 3.05) is 19.8 Å². The van der Waals surface area contributed by atoms with Gasteiger partial charge in [-0.15, -0.1) is 0 Å². The molecule has 0 saturated carbocycles. The predicted octanol–water partition coefficient (Wildman–Crippen LogP) is 29.7. The maximum atomic E-state index is 11.4. The van der Waals surface area contributed by atoms with Crippen LogP contribution in [0.4, 0.5) is 0 Å². The Morgan fingerprint density at radius 1 is 0.333 bits per heavy atom. The van der Waals surface area contributed by atoms with Crippen molar-refractivity contribution in [1.29, 1.82) is 0 Å². The van der Waals surface area contributed by atoms with Crippen LogP contribution in [0, 0.1) is 35.0 Å². The molecule has 676 valence electrons. The standard InChI is InChI=1S/C16H18O.C12H16O2.C11H16O.C11H22O.C11H24O.C10H14O.C10H22O.C9H18O2.C8H18O.C7H16O/c1-13(2)17-16(14-9-5-3-6-10-14)15-11-7-4-8-12-15;1-9(2)14-12(10(3)13)11-7-5-4-6-8-11;1-9(2)12-10(3)11-7-5-4-6-8-11;1-8(2)6-11(10(5)12)7-9(3)4;1-5-6-7-8-9-11(4)12-10(2)3;1-9(2)11-8-10-6-4-3-5-7-10;1-4-5-6-7-8-9-11-10(2)3;1-6(2)9(8(5)10)11-7(3)4;1-7(2)9-6-8(3,4)5;1-6(2)5-8-7(3)4/h3-13,16H,1-2H3;4-9,12H,1-3H3;4-10H,1-3H3;8-9,11H,6-7H2,1-5H3;10-11H,5-9H2,1-4H3;3-7,9H,8H2,1-2H3;10H,4-9H2,1-3H3;6-7,9H,1-5H3;7H,6H2,1-5H3;6-7H,5H2,1-4H3/t;12-;;;;;;9-;;/m.0.....1../s1. The molecule has 0 fully saturated rings. The average molecular weight is 1640 g/mol. The van der Waals surface area contributed by atoms with Crippen LogP contribution < -0.4 is 0 Å². The molecule has 0 spiro atoms. The summed E-state index contributed by atoms with van der Waals surface area (Å²) in [6.45, 7) is 77.2. The van der Waals surface area contributed by atoms with Crippen LogP contribution in [0.25, 0.3) is 0 Å². The minimum atomic E-state index is -0.420. The van der Waals surface area contributed by atoms with Gasteiger partial charge in [-0.3, -0.25) is 14.4 Å². The zero-order valence-electron chi connectivity index (χ0n) is 82.1. The zero-order valence-corrected chi connectivity index (χ0v) is 82.1. The van der Waals surface area contributed by atoms with Gasteiger partial charge in [0.1, 0.15) is 24.1 Å². The third kappa shape index (κ3) is 84.2. The molecule has 0 heterocycles. The van der Waals surface area contributed by atoms with Crippen molar-refractivity contribution < 1.29 is 57.0 Å². The van der Waals surface area contributed by atoms with Crippen molar-refractivity contribution in [3.63, 3.8) is 0 Å². The van der Waals surface area contributed by atoms with Gasteiger partial charge in [-0.2, -0.15) is 0 Å². The van der Waals surface area contributed by atoms with Gasteiger partial charge >= 0.3 is 0 Å². The number of carbonyl (C=O) groups excluding carboxylic acids is 3. The summed E-state index contributed by atoms with van der Waals surface area (Å²) in [6, 6.07) is 50.8. The molecule has 2 unspecified atom stereocenters. The Balaban J connectivity index is -0.000000400. The van der Waals surface area contributed by atoms with Crippen LogP contribution in [0.1, 0.15) is 372 Å². The molecule has 5 aromatic rings. The fraction of sp³-hybridized carbons (Fsp3) is 0.686. The summed E-state index contributed by atoms with van der Waals surface area (Å²) in [7, 11) is 0. The second kappa shape index (κ2) is 76.9. The van der Waals surface area contributed by atoms with Crippen molar-refractivity contribution in [3.05, 3.63) is 179 Å². The van der Waals surface area contributed by atoms with E-state index in [4.69, 9.17) is 42.6 Å². The minimum absolute atomic E-state index is 0.0254.